The Labute approximate surface area is 139 Å². The van der Waals surface area contributed by atoms with E-state index in [-0.39, 0.29) is 10.7 Å². The van der Waals surface area contributed by atoms with Crippen molar-refractivity contribution in [3.05, 3.63) is 30.0 Å². The molecule has 0 radical (unpaired) electrons. The molecule has 0 unspecified atom stereocenters. The van der Waals surface area contributed by atoms with E-state index in [0.717, 1.165) is 6.42 Å². The van der Waals surface area contributed by atoms with Gasteiger partial charge in [-0.1, -0.05) is 20.8 Å². The lowest BCUT2D eigenvalue weighted by Crippen LogP contribution is -2.11. The van der Waals surface area contributed by atoms with Gasteiger partial charge in [-0.2, -0.15) is 4.98 Å². The summed E-state index contributed by atoms with van der Waals surface area (Å²) < 4.78 is 12.9. The Hall–Kier alpha value is -1.92. The number of rotatable bonds is 5. The monoisotopic (exact) mass is 334 g/mol. The summed E-state index contributed by atoms with van der Waals surface area (Å²) in [6, 6.07) is 3.61. The van der Waals surface area contributed by atoms with Crippen LogP contribution in [0.3, 0.4) is 0 Å². The third kappa shape index (κ3) is 3.71. The van der Waals surface area contributed by atoms with Gasteiger partial charge in [-0.15, -0.1) is 0 Å². The van der Waals surface area contributed by atoms with Crippen LogP contribution < -0.4 is 0 Å². The quantitative estimate of drug-likeness (QED) is 0.518. The van der Waals surface area contributed by atoms with Gasteiger partial charge in [-0.3, -0.25) is 4.57 Å². The molecule has 0 saturated heterocycles. The van der Waals surface area contributed by atoms with Crippen LogP contribution in [0.4, 0.5) is 0 Å². The lowest BCUT2D eigenvalue weighted by atomic mass is 9.93. The van der Waals surface area contributed by atoms with E-state index in [1.807, 2.05) is 10.6 Å². The summed E-state index contributed by atoms with van der Waals surface area (Å²) >= 11 is 6.04. The maximum atomic E-state index is 6.04. The van der Waals surface area contributed by atoms with Crippen LogP contribution in [0.25, 0.3) is 22.6 Å². The van der Waals surface area contributed by atoms with Crippen molar-refractivity contribution in [1.82, 2.24) is 19.5 Å². The molecule has 23 heavy (non-hydrogen) atoms. The van der Waals surface area contributed by atoms with Crippen molar-refractivity contribution in [1.29, 1.82) is 0 Å². The maximum Gasteiger partial charge on any atom is 0.225 e. The standard InChI is InChI=1S/C16H19ClN4O2/c1-16(2,3)6-8-22-10-21-9-18-13-12(11-5-4-7-23-11)19-15(17)20-14(13)21/h4-5,7,9H,6,8,10H2,1-3H3. The van der Waals surface area contributed by atoms with Crippen molar-refractivity contribution in [3.8, 4) is 11.5 Å². The SMILES string of the molecule is CC(C)(C)CCOCn1cnc2c(-c3ccco3)nc(Cl)nc21. The van der Waals surface area contributed by atoms with Crippen LogP contribution in [-0.2, 0) is 11.5 Å². The average molecular weight is 335 g/mol. The number of ether oxygens (including phenoxy) is 1. The molecule has 0 fully saturated rings. The molecule has 7 heteroatoms. The van der Waals surface area contributed by atoms with Gasteiger partial charge in [-0.05, 0) is 35.6 Å². The molecule has 0 bridgehead atoms. The lowest BCUT2D eigenvalue weighted by molar-refractivity contribution is 0.0607. The van der Waals surface area contributed by atoms with E-state index in [1.54, 1.807) is 18.7 Å². The fourth-order valence-electron chi connectivity index (χ4n) is 2.14. The third-order valence-corrected chi connectivity index (χ3v) is 3.59. The molecule has 0 amide bonds. The molecular formula is C16H19ClN4O2. The molecule has 3 aromatic heterocycles. The number of fused-ring (bicyclic) bond motifs is 1. The van der Waals surface area contributed by atoms with Crippen LogP contribution >= 0.6 is 11.6 Å². The number of imidazole rings is 1. The van der Waals surface area contributed by atoms with E-state index in [4.69, 9.17) is 20.8 Å². The second-order valence-electron chi connectivity index (χ2n) is 6.55. The highest BCUT2D eigenvalue weighted by molar-refractivity contribution is 6.28. The van der Waals surface area contributed by atoms with E-state index in [2.05, 4.69) is 35.7 Å². The van der Waals surface area contributed by atoms with Crippen molar-refractivity contribution < 1.29 is 9.15 Å². The number of hydrogen-bond donors (Lipinski definition) is 0. The minimum Gasteiger partial charge on any atom is -0.463 e. The Bertz CT molecular complexity index is 790. The second kappa shape index (κ2) is 6.29. The van der Waals surface area contributed by atoms with Crippen LogP contribution in [0.5, 0.6) is 0 Å². The fraction of sp³-hybridized carbons (Fsp3) is 0.438. The molecule has 0 N–H and O–H groups in total. The molecular weight excluding hydrogens is 316 g/mol. The summed E-state index contributed by atoms with van der Waals surface area (Å²) in [6.07, 6.45) is 4.25. The van der Waals surface area contributed by atoms with Crippen molar-refractivity contribution in [2.24, 2.45) is 5.41 Å². The summed E-state index contributed by atoms with van der Waals surface area (Å²) in [5.74, 6) is 0.609. The Morgan fingerprint density at radius 1 is 1.30 bits per heavy atom. The molecule has 0 aromatic carbocycles. The van der Waals surface area contributed by atoms with Crippen LogP contribution in [0.2, 0.25) is 5.28 Å². The molecule has 0 aliphatic carbocycles. The second-order valence-corrected chi connectivity index (χ2v) is 6.89. The normalized spacial score (nSPS) is 12.2. The predicted octanol–water partition coefficient (Wildman–Crippen LogP) is 4.15. The molecule has 0 spiro atoms. The smallest absolute Gasteiger partial charge is 0.225 e. The summed E-state index contributed by atoms with van der Waals surface area (Å²) in [6.45, 7) is 7.60. The van der Waals surface area contributed by atoms with Gasteiger partial charge in [0.2, 0.25) is 5.28 Å². The molecule has 3 aromatic rings. The lowest BCUT2D eigenvalue weighted by Gasteiger charge is -2.17. The average Bonchev–Trinajstić information content (AvgIpc) is 3.12. The Morgan fingerprint density at radius 3 is 2.83 bits per heavy atom. The van der Waals surface area contributed by atoms with Crippen LogP contribution in [0.15, 0.2) is 29.1 Å². The first kappa shape index (κ1) is 16.0. The van der Waals surface area contributed by atoms with Gasteiger partial charge in [0.05, 0.1) is 12.6 Å². The Balaban J connectivity index is 1.83. The highest BCUT2D eigenvalue weighted by Gasteiger charge is 2.16. The van der Waals surface area contributed by atoms with E-state index in [0.29, 0.717) is 36.0 Å². The zero-order valence-corrected chi connectivity index (χ0v) is 14.2. The molecule has 3 heterocycles. The minimum absolute atomic E-state index is 0.153. The third-order valence-electron chi connectivity index (χ3n) is 3.42. The first-order valence-electron chi connectivity index (χ1n) is 7.44. The first-order valence-corrected chi connectivity index (χ1v) is 7.82. The van der Waals surface area contributed by atoms with Crippen molar-refractivity contribution in [2.45, 2.75) is 33.9 Å². The van der Waals surface area contributed by atoms with E-state index >= 15 is 0 Å². The molecule has 0 atom stereocenters. The molecule has 0 aliphatic heterocycles. The van der Waals surface area contributed by atoms with Crippen LogP contribution in [0.1, 0.15) is 27.2 Å². The number of hydrogen-bond acceptors (Lipinski definition) is 5. The fourth-order valence-corrected chi connectivity index (χ4v) is 2.30. The van der Waals surface area contributed by atoms with Gasteiger partial charge < -0.3 is 9.15 Å². The van der Waals surface area contributed by atoms with Crippen molar-refractivity contribution in [2.75, 3.05) is 6.61 Å². The number of halogens is 1. The van der Waals surface area contributed by atoms with Gasteiger partial charge in [0.25, 0.3) is 0 Å². The van der Waals surface area contributed by atoms with Crippen molar-refractivity contribution >= 4 is 22.8 Å². The van der Waals surface area contributed by atoms with Crippen LogP contribution in [-0.4, -0.2) is 26.1 Å². The summed E-state index contributed by atoms with van der Waals surface area (Å²) in [5, 5.41) is 0.153. The maximum absolute atomic E-state index is 6.04. The summed E-state index contributed by atoms with van der Waals surface area (Å²) in [7, 11) is 0. The number of furan rings is 1. The molecule has 6 nitrogen and oxygen atoms in total. The Morgan fingerprint density at radius 2 is 2.13 bits per heavy atom. The molecule has 0 saturated carbocycles. The zero-order chi connectivity index (χ0) is 16.4. The first-order chi connectivity index (χ1) is 10.9. The van der Waals surface area contributed by atoms with Crippen molar-refractivity contribution in [3.63, 3.8) is 0 Å². The van der Waals surface area contributed by atoms with Gasteiger partial charge in [0.15, 0.2) is 11.4 Å². The Kier molecular flexibility index (Phi) is 4.37. The zero-order valence-electron chi connectivity index (χ0n) is 13.4. The minimum atomic E-state index is 0.153. The predicted molar refractivity (Wildman–Crippen MR) is 88.1 cm³/mol. The van der Waals surface area contributed by atoms with E-state index in [9.17, 15) is 0 Å². The molecule has 0 aliphatic rings. The molecule has 122 valence electrons. The highest BCUT2D eigenvalue weighted by atomic mass is 35.5. The number of nitrogens with zero attached hydrogens (tertiary/aromatic N) is 4. The largest absolute Gasteiger partial charge is 0.463 e. The van der Waals surface area contributed by atoms with E-state index in [1.165, 1.54) is 0 Å². The van der Waals surface area contributed by atoms with Gasteiger partial charge in [0.1, 0.15) is 17.9 Å². The van der Waals surface area contributed by atoms with E-state index < -0.39 is 0 Å². The number of aromatic nitrogens is 4. The van der Waals surface area contributed by atoms with Crippen LogP contribution in [0, 0.1) is 5.41 Å². The van der Waals surface area contributed by atoms with Gasteiger partial charge >= 0.3 is 0 Å². The summed E-state index contributed by atoms with van der Waals surface area (Å²) in [4.78, 5) is 12.9. The topological polar surface area (TPSA) is 66.0 Å². The van der Waals surface area contributed by atoms with Gasteiger partial charge in [-0.25, -0.2) is 9.97 Å². The highest BCUT2D eigenvalue weighted by Crippen LogP contribution is 2.26. The summed E-state index contributed by atoms with van der Waals surface area (Å²) in [5.41, 5.74) is 2.10. The molecule has 3 rings (SSSR count). The van der Waals surface area contributed by atoms with Gasteiger partial charge in [0, 0.05) is 6.61 Å².